The van der Waals surface area contributed by atoms with E-state index in [1.165, 1.54) is 89.0 Å². The van der Waals surface area contributed by atoms with Crippen LogP contribution in [-0.2, 0) is 19.7 Å². The van der Waals surface area contributed by atoms with Crippen LogP contribution in [0.15, 0.2) is 24.3 Å². The number of hydrogen-bond acceptors (Lipinski definition) is 4. The second-order valence-corrected chi connectivity index (χ2v) is 10.0. The molecule has 1 unspecified atom stereocenters. The first-order valence-corrected chi connectivity index (χ1v) is 13.2. The van der Waals surface area contributed by atoms with E-state index in [4.69, 9.17) is 14.6 Å². The second-order valence-electron chi connectivity index (χ2n) is 10.0. The van der Waals surface area contributed by atoms with E-state index in [0.717, 1.165) is 19.8 Å². The highest BCUT2D eigenvalue weighted by atomic mass is 16.6. The van der Waals surface area contributed by atoms with Gasteiger partial charge in [-0.2, -0.15) is 0 Å². The number of unbranched alkanes of at least 4 members (excludes halogenated alkanes) is 11. The molecule has 33 heavy (non-hydrogen) atoms. The van der Waals surface area contributed by atoms with E-state index in [-0.39, 0.29) is 5.41 Å². The summed E-state index contributed by atoms with van der Waals surface area (Å²) in [4.78, 5) is 8.00. The molecule has 1 aromatic carbocycles. The van der Waals surface area contributed by atoms with Crippen LogP contribution < -0.4 is 0 Å². The quantitative estimate of drug-likeness (QED) is 0.237. The van der Waals surface area contributed by atoms with Crippen LogP contribution in [0.4, 0.5) is 0 Å². The Balaban J connectivity index is 0.000000542. The molecule has 0 aromatic heterocycles. The van der Waals surface area contributed by atoms with Gasteiger partial charge in [0.2, 0.25) is 0 Å². The van der Waals surface area contributed by atoms with Gasteiger partial charge < -0.3 is 19.4 Å². The molecule has 3 rings (SSSR count). The van der Waals surface area contributed by atoms with Crippen LogP contribution >= 0.6 is 0 Å². The number of carbonyl (C=O) groups is 1. The highest BCUT2D eigenvalue weighted by Gasteiger charge is 2.20. The molecular weight excluding hydrogens is 412 g/mol. The molecule has 2 fully saturated rings. The van der Waals surface area contributed by atoms with Gasteiger partial charge in [-0.25, -0.2) is 0 Å². The first-order valence-electron chi connectivity index (χ1n) is 13.2. The van der Waals surface area contributed by atoms with Crippen molar-refractivity contribution in [3.63, 3.8) is 0 Å². The van der Waals surface area contributed by atoms with Crippen LogP contribution in [0.1, 0.15) is 117 Å². The van der Waals surface area contributed by atoms with Gasteiger partial charge in [-0.1, -0.05) is 117 Å². The molecule has 4 nitrogen and oxygen atoms in total. The van der Waals surface area contributed by atoms with E-state index in [0.29, 0.717) is 11.9 Å². The lowest BCUT2D eigenvalue weighted by molar-refractivity contribution is -0.0980. The molecule has 0 radical (unpaired) electrons. The summed E-state index contributed by atoms with van der Waals surface area (Å²) in [5.74, 6) is 0.331. The Morgan fingerprint density at radius 3 is 1.55 bits per heavy atom. The Bertz CT molecular complexity index is 527. The Morgan fingerprint density at radius 2 is 1.21 bits per heavy atom. The van der Waals surface area contributed by atoms with Crippen molar-refractivity contribution in [2.75, 3.05) is 19.8 Å². The lowest BCUT2D eigenvalue weighted by Gasteiger charge is -2.18. The zero-order valence-electron chi connectivity index (χ0n) is 22.1. The first-order chi connectivity index (χ1) is 15.9. The van der Waals surface area contributed by atoms with Gasteiger partial charge in [0.25, 0.3) is 0 Å². The number of benzene rings is 1. The standard InChI is InChI=1S/C16H32O.C10H14O.C2H4O.CH2O/c1-2-3-4-5-6-7-8-9-10-11-12-13-14-16-15-17-16;1-10(2,3)8-4-6-9(11)7-5-8;1-2-3-1;1-2/h16H,2-15H2,1H3;4-7,11H,1-3H3;1-2H2;1H2. The summed E-state index contributed by atoms with van der Waals surface area (Å²) >= 11 is 0. The minimum Gasteiger partial charge on any atom is -0.508 e. The molecule has 0 amide bonds. The zero-order valence-corrected chi connectivity index (χ0v) is 22.1. The lowest BCUT2D eigenvalue weighted by Crippen LogP contribution is -2.10. The highest BCUT2D eigenvalue weighted by molar-refractivity contribution is 5.29. The molecule has 0 spiro atoms. The van der Waals surface area contributed by atoms with E-state index in [1.807, 2.05) is 18.9 Å². The van der Waals surface area contributed by atoms with Crippen LogP contribution in [0.2, 0.25) is 0 Å². The Kier molecular flexibility index (Phi) is 20.3. The van der Waals surface area contributed by atoms with Gasteiger partial charge in [0, 0.05) is 0 Å². The maximum Gasteiger partial charge on any atom is 0.115 e. The van der Waals surface area contributed by atoms with Crippen LogP contribution in [0, 0.1) is 0 Å². The molecule has 1 N–H and O–H groups in total. The van der Waals surface area contributed by atoms with Gasteiger partial charge in [-0.3, -0.25) is 0 Å². The molecule has 1 atom stereocenters. The number of ether oxygens (including phenoxy) is 2. The normalized spacial score (nSPS) is 15.7. The van der Waals surface area contributed by atoms with E-state index >= 15 is 0 Å². The number of rotatable bonds is 13. The average Bonchev–Trinajstić information content (AvgIpc) is 3.70. The molecule has 2 aliphatic rings. The molecule has 2 saturated heterocycles. The maximum atomic E-state index is 9.02. The lowest BCUT2D eigenvalue weighted by atomic mass is 9.87. The fourth-order valence-electron chi connectivity index (χ4n) is 3.41. The Hall–Kier alpha value is -1.39. The SMILES string of the molecule is C1CO1.C=O.CC(C)(C)c1ccc(O)cc1.CCCCCCCCCCCCCCC1CO1. The van der Waals surface area contributed by atoms with Crippen LogP contribution in [0.5, 0.6) is 5.75 Å². The third-order valence-corrected chi connectivity index (χ3v) is 5.72. The summed E-state index contributed by atoms with van der Waals surface area (Å²) in [7, 11) is 0. The molecule has 2 aliphatic heterocycles. The third kappa shape index (κ3) is 23.6. The number of hydrogen-bond donors (Lipinski definition) is 1. The van der Waals surface area contributed by atoms with Gasteiger partial charge in [0.05, 0.1) is 25.9 Å². The third-order valence-electron chi connectivity index (χ3n) is 5.72. The van der Waals surface area contributed by atoms with E-state index in [2.05, 4.69) is 32.4 Å². The van der Waals surface area contributed by atoms with E-state index in [9.17, 15) is 0 Å². The molecule has 1 aromatic rings. The number of phenols is 1. The molecular formula is C29H52O4. The molecule has 4 heteroatoms. The summed E-state index contributed by atoms with van der Waals surface area (Å²) in [6.07, 6.45) is 19.3. The summed E-state index contributed by atoms with van der Waals surface area (Å²) in [5, 5.41) is 9.02. The summed E-state index contributed by atoms with van der Waals surface area (Å²) in [6.45, 7) is 13.8. The Morgan fingerprint density at radius 1 is 0.818 bits per heavy atom. The smallest absolute Gasteiger partial charge is 0.115 e. The van der Waals surface area contributed by atoms with Crippen molar-refractivity contribution < 1.29 is 19.4 Å². The van der Waals surface area contributed by atoms with Crippen molar-refractivity contribution in [1.29, 1.82) is 0 Å². The summed E-state index contributed by atoms with van der Waals surface area (Å²) < 4.78 is 9.71. The summed E-state index contributed by atoms with van der Waals surface area (Å²) in [6, 6.07) is 7.35. The largest absolute Gasteiger partial charge is 0.508 e. The monoisotopic (exact) mass is 464 g/mol. The predicted octanol–water partition coefficient (Wildman–Crippen LogP) is 8.00. The topological polar surface area (TPSA) is 62.4 Å². The van der Waals surface area contributed by atoms with Gasteiger partial charge >= 0.3 is 0 Å². The number of carbonyl (C=O) groups excluding carboxylic acids is 1. The molecule has 192 valence electrons. The van der Waals surface area contributed by atoms with E-state index < -0.39 is 0 Å². The van der Waals surface area contributed by atoms with Crippen molar-refractivity contribution in [3.05, 3.63) is 29.8 Å². The molecule has 0 saturated carbocycles. The van der Waals surface area contributed by atoms with Crippen LogP contribution in [-0.4, -0.2) is 37.8 Å². The van der Waals surface area contributed by atoms with E-state index in [1.54, 1.807) is 12.1 Å². The number of epoxide rings is 2. The van der Waals surface area contributed by atoms with Crippen molar-refractivity contribution in [2.45, 2.75) is 123 Å². The molecule has 0 bridgehead atoms. The fraction of sp³-hybridized carbons (Fsp3) is 0.759. The minimum absolute atomic E-state index is 0.174. The fourth-order valence-corrected chi connectivity index (χ4v) is 3.41. The van der Waals surface area contributed by atoms with Gasteiger partial charge in [-0.15, -0.1) is 0 Å². The average molecular weight is 465 g/mol. The molecule has 2 heterocycles. The van der Waals surface area contributed by atoms with Crippen molar-refractivity contribution in [1.82, 2.24) is 0 Å². The predicted molar refractivity (Wildman–Crippen MR) is 140 cm³/mol. The van der Waals surface area contributed by atoms with Crippen molar-refractivity contribution in [3.8, 4) is 5.75 Å². The second kappa shape index (κ2) is 21.2. The maximum absolute atomic E-state index is 9.02. The van der Waals surface area contributed by atoms with Crippen molar-refractivity contribution >= 4 is 6.79 Å². The van der Waals surface area contributed by atoms with Crippen LogP contribution in [0.3, 0.4) is 0 Å². The highest BCUT2D eigenvalue weighted by Crippen LogP contribution is 2.23. The number of aromatic hydroxyl groups is 1. The first kappa shape index (κ1) is 31.6. The van der Waals surface area contributed by atoms with Crippen LogP contribution in [0.25, 0.3) is 0 Å². The van der Waals surface area contributed by atoms with Gasteiger partial charge in [0.15, 0.2) is 0 Å². The van der Waals surface area contributed by atoms with Gasteiger partial charge in [-0.05, 0) is 29.5 Å². The van der Waals surface area contributed by atoms with Gasteiger partial charge in [0.1, 0.15) is 12.5 Å². The number of phenolic OH excluding ortho intramolecular Hbond substituents is 1. The van der Waals surface area contributed by atoms with Crippen molar-refractivity contribution in [2.24, 2.45) is 0 Å². The Labute approximate surface area is 204 Å². The minimum atomic E-state index is 0.174. The summed E-state index contributed by atoms with van der Waals surface area (Å²) in [5.41, 5.74) is 1.42. The zero-order chi connectivity index (χ0) is 24.8. The molecule has 0 aliphatic carbocycles.